The first-order valence-corrected chi connectivity index (χ1v) is 9.79. The number of ether oxygens (including phenoxy) is 1. The maximum absolute atomic E-state index is 11.3. The molecule has 2 aliphatic heterocycles. The Bertz CT molecular complexity index is 990. The van der Waals surface area contributed by atoms with E-state index < -0.39 is 5.91 Å². The number of rotatable bonds is 4. The van der Waals surface area contributed by atoms with Crippen molar-refractivity contribution in [1.82, 2.24) is 10.4 Å². The summed E-state index contributed by atoms with van der Waals surface area (Å²) in [4.78, 5) is 19.8. The maximum Gasteiger partial charge on any atom is 0.267 e. The number of aliphatic imine (C=N–C) groups is 1. The molecule has 2 aromatic rings. The van der Waals surface area contributed by atoms with E-state index in [9.17, 15) is 4.79 Å². The molecule has 142 valence electrons. The van der Waals surface area contributed by atoms with Crippen LogP contribution in [0.2, 0.25) is 5.02 Å². The van der Waals surface area contributed by atoms with Gasteiger partial charge in [-0.15, -0.1) is 16.9 Å². The van der Waals surface area contributed by atoms with E-state index in [-0.39, 0.29) is 23.5 Å². The van der Waals surface area contributed by atoms with Crippen molar-refractivity contribution in [2.45, 2.75) is 11.9 Å². The molecule has 1 aromatic heterocycles. The molecule has 9 heteroatoms. The Labute approximate surface area is 170 Å². The Morgan fingerprint density at radius 2 is 2.14 bits per heavy atom. The van der Waals surface area contributed by atoms with E-state index in [4.69, 9.17) is 22.1 Å². The second-order valence-corrected chi connectivity index (χ2v) is 7.64. The number of carbonyl (C=O) groups is 1. The van der Waals surface area contributed by atoms with Crippen molar-refractivity contribution in [1.29, 1.82) is 0 Å². The predicted molar refractivity (Wildman–Crippen MR) is 111 cm³/mol. The Hall–Kier alpha value is -2.84. The fourth-order valence-electron chi connectivity index (χ4n) is 2.82. The van der Waals surface area contributed by atoms with Crippen LogP contribution in [0.25, 0.3) is 0 Å². The molecule has 0 saturated carbocycles. The number of fused-ring (bicyclic) bond motifs is 1. The van der Waals surface area contributed by atoms with Crippen molar-refractivity contribution in [2.75, 3.05) is 0 Å². The number of carbonyl (C=O) groups excluding carboxylic acids is 1. The Kier molecular flexibility index (Phi) is 5.31. The molecule has 0 bridgehead atoms. The van der Waals surface area contributed by atoms with Crippen molar-refractivity contribution in [3.05, 3.63) is 70.4 Å². The zero-order chi connectivity index (χ0) is 19.5. The topological polar surface area (TPSA) is 102 Å². The number of primary amides is 1. The molecule has 2 unspecified atom stereocenters. The number of halogens is 1. The second kappa shape index (κ2) is 8.04. The summed E-state index contributed by atoms with van der Waals surface area (Å²) in [7, 11) is 0. The molecule has 28 heavy (non-hydrogen) atoms. The van der Waals surface area contributed by atoms with Crippen LogP contribution in [-0.2, 0) is 11.3 Å². The number of amides is 1. The smallest absolute Gasteiger partial charge is 0.267 e. The first kappa shape index (κ1) is 18.5. The SMILES string of the molecule is NC(=O)c1cc(COC2=NNC(=Nc3ccc(Cl)cc3)C3C=CSC23)ccn1. The number of amidine groups is 1. The van der Waals surface area contributed by atoms with Gasteiger partial charge in [0.25, 0.3) is 5.91 Å². The molecule has 1 aromatic carbocycles. The number of pyridine rings is 1. The molecule has 0 fully saturated rings. The van der Waals surface area contributed by atoms with E-state index in [1.807, 2.05) is 17.5 Å². The number of hydrogen-bond donors (Lipinski definition) is 2. The van der Waals surface area contributed by atoms with Gasteiger partial charge in [0.05, 0.1) is 16.9 Å². The van der Waals surface area contributed by atoms with E-state index in [0.29, 0.717) is 10.9 Å². The highest BCUT2D eigenvalue weighted by atomic mass is 35.5. The molecular formula is C19H16ClN5O2S. The first-order valence-electron chi connectivity index (χ1n) is 8.47. The zero-order valence-corrected chi connectivity index (χ0v) is 16.2. The second-order valence-electron chi connectivity index (χ2n) is 6.15. The number of nitrogens with zero attached hydrogens (tertiary/aromatic N) is 3. The molecule has 1 amide bonds. The number of nitrogens with two attached hydrogens (primary N) is 1. The van der Waals surface area contributed by atoms with Crippen LogP contribution >= 0.6 is 23.4 Å². The van der Waals surface area contributed by atoms with Gasteiger partial charge in [-0.3, -0.25) is 15.2 Å². The van der Waals surface area contributed by atoms with Crippen molar-refractivity contribution in [2.24, 2.45) is 21.7 Å². The number of thioether (sulfide) groups is 1. The van der Waals surface area contributed by atoms with Gasteiger partial charge in [0.1, 0.15) is 18.1 Å². The van der Waals surface area contributed by atoms with Crippen molar-refractivity contribution < 1.29 is 9.53 Å². The number of hydrogen-bond acceptors (Lipinski definition) is 6. The largest absolute Gasteiger partial charge is 0.474 e. The van der Waals surface area contributed by atoms with E-state index in [0.717, 1.165) is 17.1 Å². The monoisotopic (exact) mass is 413 g/mol. The van der Waals surface area contributed by atoms with E-state index in [1.54, 1.807) is 36.0 Å². The standard InChI is InChI=1S/C19H16ClN5O2S/c20-12-1-3-13(4-2-12)23-18-14-6-8-28-16(14)19(25-24-18)27-10-11-5-7-22-15(9-11)17(21)26/h1-9,14,16H,10H2,(H2,21,26)(H,23,24). The summed E-state index contributed by atoms with van der Waals surface area (Å²) in [6.07, 6.45) is 3.61. The molecule has 0 aliphatic carbocycles. The van der Waals surface area contributed by atoms with Crippen LogP contribution in [-0.4, -0.2) is 27.9 Å². The highest BCUT2D eigenvalue weighted by Crippen LogP contribution is 2.34. The Morgan fingerprint density at radius 3 is 2.93 bits per heavy atom. The number of hydrazone groups is 1. The van der Waals surface area contributed by atoms with Gasteiger partial charge in [0.2, 0.25) is 5.90 Å². The summed E-state index contributed by atoms with van der Waals surface area (Å²) in [5.74, 6) is 0.789. The lowest BCUT2D eigenvalue weighted by Gasteiger charge is -2.26. The Balaban J connectivity index is 1.49. The maximum atomic E-state index is 11.3. The van der Waals surface area contributed by atoms with Crippen LogP contribution < -0.4 is 11.2 Å². The highest BCUT2D eigenvalue weighted by Gasteiger charge is 2.37. The minimum Gasteiger partial charge on any atom is -0.474 e. The van der Waals surface area contributed by atoms with Gasteiger partial charge in [-0.05, 0) is 47.4 Å². The van der Waals surface area contributed by atoms with Crippen molar-refractivity contribution in [3.63, 3.8) is 0 Å². The van der Waals surface area contributed by atoms with Crippen LogP contribution in [0.1, 0.15) is 16.1 Å². The summed E-state index contributed by atoms with van der Waals surface area (Å²) in [5.41, 5.74) is 10.1. The van der Waals surface area contributed by atoms with E-state index >= 15 is 0 Å². The molecule has 7 nitrogen and oxygen atoms in total. The van der Waals surface area contributed by atoms with Gasteiger partial charge in [0.15, 0.2) is 0 Å². The van der Waals surface area contributed by atoms with Crippen molar-refractivity contribution in [3.8, 4) is 0 Å². The lowest BCUT2D eigenvalue weighted by Crippen LogP contribution is -2.42. The molecule has 2 atom stereocenters. The van der Waals surface area contributed by atoms with Gasteiger partial charge in [-0.25, -0.2) is 4.99 Å². The van der Waals surface area contributed by atoms with Crippen LogP contribution in [0.4, 0.5) is 5.69 Å². The quantitative estimate of drug-likeness (QED) is 0.801. The minimum absolute atomic E-state index is 0.00440. The third-order valence-corrected chi connectivity index (χ3v) is 5.57. The van der Waals surface area contributed by atoms with Gasteiger partial charge in [-0.1, -0.05) is 17.7 Å². The summed E-state index contributed by atoms with van der Waals surface area (Å²) in [5, 5.41) is 7.05. The summed E-state index contributed by atoms with van der Waals surface area (Å²) < 4.78 is 5.91. The van der Waals surface area contributed by atoms with E-state index in [1.165, 1.54) is 6.20 Å². The molecule has 3 N–H and O–H groups in total. The third-order valence-electron chi connectivity index (χ3n) is 4.22. The Morgan fingerprint density at radius 1 is 1.32 bits per heavy atom. The van der Waals surface area contributed by atoms with Gasteiger partial charge in [0, 0.05) is 11.2 Å². The summed E-state index contributed by atoms with van der Waals surface area (Å²) in [6, 6.07) is 10.7. The lowest BCUT2D eigenvalue weighted by atomic mass is 10.0. The third kappa shape index (κ3) is 4.02. The average Bonchev–Trinajstić information content (AvgIpc) is 3.20. The molecular weight excluding hydrogens is 398 g/mol. The van der Waals surface area contributed by atoms with Gasteiger partial charge < -0.3 is 10.5 Å². The normalized spacial score (nSPS) is 21.8. The fraction of sp³-hybridized carbons (Fsp3) is 0.158. The molecule has 0 saturated heterocycles. The van der Waals surface area contributed by atoms with Crippen molar-refractivity contribution >= 4 is 46.7 Å². The molecule has 3 heterocycles. The molecule has 0 radical (unpaired) electrons. The summed E-state index contributed by atoms with van der Waals surface area (Å²) in [6.45, 7) is 0.261. The average molecular weight is 414 g/mol. The fourth-order valence-corrected chi connectivity index (χ4v) is 4.00. The first-order chi connectivity index (χ1) is 13.6. The zero-order valence-electron chi connectivity index (χ0n) is 14.6. The lowest BCUT2D eigenvalue weighted by molar-refractivity contribution is 0.0995. The number of aromatic nitrogens is 1. The van der Waals surface area contributed by atoms with Crippen LogP contribution in [0.3, 0.4) is 0 Å². The van der Waals surface area contributed by atoms with E-state index in [2.05, 4.69) is 26.6 Å². The van der Waals surface area contributed by atoms with Gasteiger partial charge in [-0.2, -0.15) is 0 Å². The van der Waals surface area contributed by atoms with Gasteiger partial charge >= 0.3 is 0 Å². The highest BCUT2D eigenvalue weighted by molar-refractivity contribution is 8.03. The molecule has 4 rings (SSSR count). The number of nitrogens with one attached hydrogen (secondary N) is 1. The molecule has 0 spiro atoms. The summed E-state index contributed by atoms with van der Waals surface area (Å²) >= 11 is 7.56. The molecule has 2 aliphatic rings. The van der Waals surface area contributed by atoms with Crippen LogP contribution in [0.15, 0.2) is 64.2 Å². The minimum atomic E-state index is -0.572. The van der Waals surface area contributed by atoms with Crippen LogP contribution in [0.5, 0.6) is 0 Å². The predicted octanol–water partition coefficient (Wildman–Crippen LogP) is 3.24. The number of benzene rings is 1. The van der Waals surface area contributed by atoms with Crippen LogP contribution in [0, 0.1) is 5.92 Å².